The molecular formula is C25H30FN3O2. The molecule has 3 aromatic rings. The van der Waals surface area contributed by atoms with Gasteiger partial charge in [-0.2, -0.15) is 0 Å². The van der Waals surface area contributed by atoms with Crippen molar-refractivity contribution >= 4 is 22.5 Å². The summed E-state index contributed by atoms with van der Waals surface area (Å²) in [5.74, 6) is -0.172. The van der Waals surface area contributed by atoms with Crippen LogP contribution in [-0.2, 0) is 16.0 Å². The van der Waals surface area contributed by atoms with Gasteiger partial charge in [-0.3, -0.25) is 4.79 Å². The van der Waals surface area contributed by atoms with Crippen molar-refractivity contribution < 1.29 is 13.9 Å². The largest absolute Gasteiger partial charge is 0.382 e. The molecule has 1 saturated heterocycles. The number of aromatic amines is 1. The van der Waals surface area contributed by atoms with Crippen LogP contribution in [0, 0.1) is 5.82 Å². The average Bonchev–Trinajstić information content (AvgIpc) is 3.19. The predicted molar refractivity (Wildman–Crippen MR) is 122 cm³/mol. The maximum atomic E-state index is 13.9. The van der Waals surface area contributed by atoms with Gasteiger partial charge in [0.15, 0.2) is 0 Å². The number of benzene rings is 2. The van der Waals surface area contributed by atoms with E-state index in [0.29, 0.717) is 12.1 Å². The summed E-state index contributed by atoms with van der Waals surface area (Å²) in [7, 11) is 1.70. The summed E-state index contributed by atoms with van der Waals surface area (Å²) in [5, 5.41) is 0.956. The highest BCUT2D eigenvalue weighted by Crippen LogP contribution is 2.34. The summed E-state index contributed by atoms with van der Waals surface area (Å²) in [6.07, 6.45) is 4.46. The summed E-state index contributed by atoms with van der Waals surface area (Å²) in [6, 6.07) is 15.1. The normalized spacial score (nSPS) is 16.5. The second-order valence-electron chi connectivity index (χ2n) is 8.42. The highest BCUT2D eigenvalue weighted by Gasteiger charge is 2.42. The lowest BCUT2D eigenvalue weighted by atomic mass is 9.85. The van der Waals surface area contributed by atoms with E-state index in [4.69, 9.17) is 4.74 Å². The third kappa shape index (κ3) is 4.36. The summed E-state index contributed by atoms with van der Waals surface area (Å²) >= 11 is 0. The zero-order valence-corrected chi connectivity index (χ0v) is 18.2. The summed E-state index contributed by atoms with van der Waals surface area (Å²) in [6.45, 7) is 4.81. The molecule has 0 aliphatic carbocycles. The minimum absolute atomic E-state index is 0.0394. The molecule has 0 radical (unpaired) electrons. The van der Waals surface area contributed by atoms with Gasteiger partial charge >= 0.3 is 0 Å². The summed E-state index contributed by atoms with van der Waals surface area (Å²) in [5.41, 5.74) is 2.29. The van der Waals surface area contributed by atoms with E-state index in [1.165, 1.54) is 6.07 Å². The number of methoxy groups -OCH3 is 1. The molecule has 1 fully saturated rings. The van der Waals surface area contributed by atoms with Crippen molar-refractivity contribution in [3.63, 3.8) is 0 Å². The first kappa shape index (κ1) is 21.5. The summed E-state index contributed by atoms with van der Waals surface area (Å²) in [4.78, 5) is 20.1. The molecule has 1 N–H and O–H groups in total. The van der Waals surface area contributed by atoms with Crippen LogP contribution in [0.3, 0.4) is 0 Å². The predicted octanol–water partition coefficient (Wildman–Crippen LogP) is 4.38. The van der Waals surface area contributed by atoms with Crippen LogP contribution in [0.5, 0.6) is 0 Å². The number of halogens is 1. The van der Waals surface area contributed by atoms with Gasteiger partial charge in [-0.05, 0) is 43.0 Å². The number of amides is 1. The van der Waals surface area contributed by atoms with Gasteiger partial charge in [-0.15, -0.1) is 0 Å². The minimum Gasteiger partial charge on any atom is -0.382 e. The van der Waals surface area contributed by atoms with Crippen molar-refractivity contribution in [1.82, 2.24) is 9.88 Å². The number of ether oxygens (including phenoxy) is 1. The molecule has 1 aromatic heterocycles. The second-order valence-corrected chi connectivity index (χ2v) is 8.42. The third-order valence-corrected chi connectivity index (χ3v) is 6.45. The molecule has 1 aliphatic heterocycles. The lowest BCUT2D eigenvalue weighted by molar-refractivity contribution is -0.118. The molecule has 1 amide bonds. The quantitative estimate of drug-likeness (QED) is 0.613. The number of H-pyrrole nitrogens is 1. The molecule has 5 nitrogen and oxygen atoms in total. The van der Waals surface area contributed by atoms with E-state index in [9.17, 15) is 9.18 Å². The van der Waals surface area contributed by atoms with Gasteiger partial charge in [-0.1, -0.05) is 30.3 Å². The molecule has 164 valence electrons. The van der Waals surface area contributed by atoms with Gasteiger partial charge in [0, 0.05) is 50.9 Å². The number of para-hydroxylation sites is 2. The van der Waals surface area contributed by atoms with Crippen LogP contribution in [0.4, 0.5) is 10.1 Å². The number of rotatable bonds is 7. The number of fused-ring (bicyclic) bond motifs is 1. The summed E-state index contributed by atoms with van der Waals surface area (Å²) < 4.78 is 19.5. The molecule has 0 bridgehead atoms. The fourth-order valence-corrected chi connectivity index (χ4v) is 4.92. The van der Waals surface area contributed by atoms with Crippen LogP contribution in [0.1, 0.15) is 25.3 Å². The molecule has 6 heteroatoms. The first-order valence-corrected chi connectivity index (χ1v) is 10.9. The molecular weight excluding hydrogens is 393 g/mol. The number of carbonyl (C=O) groups is 1. The smallest absolute Gasteiger partial charge is 0.224 e. The maximum Gasteiger partial charge on any atom is 0.224 e. The minimum atomic E-state index is -0.345. The van der Waals surface area contributed by atoms with Gasteiger partial charge in [-0.25, -0.2) is 4.39 Å². The number of carbonyl (C=O) groups excluding carboxylic acids is 1. The fraction of sp³-hybridized carbons (Fsp3) is 0.400. The Balaban J connectivity index is 1.45. The molecule has 0 spiro atoms. The first-order valence-electron chi connectivity index (χ1n) is 10.9. The lowest BCUT2D eigenvalue weighted by Crippen LogP contribution is -2.60. The van der Waals surface area contributed by atoms with Gasteiger partial charge in [0.25, 0.3) is 0 Å². The Morgan fingerprint density at radius 1 is 1.16 bits per heavy atom. The monoisotopic (exact) mass is 423 g/mol. The highest BCUT2D eigenvalue weighted by molar-refractivity contribution is 5.93. The van der Waals surface area contributed by atoms with E-state index in [1.54, 1.807) is 20.1 Å². The van der Waals surface area contributed by atoms with E-state index in [0.717, 1.165) is 55.5 Å². The Bertz CT molecular complexity index is 1030. The number of nitrogens with one attached hydrogen (secondary N) is 1. The van der Waals surface area contributed by atoms with Crippen LogP contribution in [0.2, 0.25) is 0 Å². The number of aromatic nitrogens is 1. The molecule has 0 atom stereocenters. The Hall–Kier alpha value is -2.70. The zero-order valence-electron chi connectivity index (χ0n) is 18.2. The van der Waals surface area contributed by atoms with Crippen molar-refractivity contribution in [2.24, 2.45) is 0 Å². The van der Waals surface area contributed by atoms with Crippen molar-refractivity contribution in [3.05, 3.63) is 66.1 Å². The van der Waals surface area contributed by atoms with Gasteiger partial charge < -0.3 is 19.5 Å². The third-order valence-electron chi connectivity index (χ3n) is 6.45. The number of hydrogen-bond acceptors (Lipinski definition) is 3. The lowest BCUT2D eigenvalue weighted by Gasteiger charge is -2.48. The highest BCUT2D eigenvalue weighted by atomic mass is 19.1. The van der Waals surface area contributed by atoms with E-state index in [1.807, 2.05) is 47.5 Å². The van der Waals surface area contributed by atoms with Gasteiger partial charge in [0.1, 0.15) is 5.82 Å². The molecule has 31 heavy (non-hydrogen) atoms. The number of anilines is 1. The van der Waals surface area contributed by atoms with E-state index >= 15 is 0 Å². The van der Waals surface area contributed by atoms with Gasteiger partial charge in [0.2, 0.25) is 5.91 Å². The number of nitrogens with zero attached hydrogens (tertiary/aromatic N) is 2. The van der Waals surface area contributed by atoms with Crippen molar-refractivity contribution in [1.29, 1.82) is 0 Å². The molecule has 2 heterocycles. The second kappa shape index (κ2) is 9.20. The van der Waals surface area contributed by atoms with Crippen LogP contribution >= 0.6 is 0 Å². The van der Waals surface area contributed by atoms with Crippen LogP contribution in [0.15, 0.2) is 54.7 Å². The van der Waals surface area contributed by atoms with Gasteiger partial charge in [0.05, 0.1) is 17.7 Å². The van der Waals surface area contributed by atoms with E-state index < -0.39 is 0 Å². The van der Waals surface area contributed by atoms with Crippen LogP contribution in [-0.4, -0.2) is 54.7 Å². The number of hydrogen-bond donors (Lipinski definition) is 1. The standard InChI is InChI=1S/C25H30FN3O2/c1-19(30)29(21-7-4-3-5-8-21)25(18-31-2)12-15-28(16-13-25)14-11-20-17-27-24-22(20)9-6-10-23(24)26/h3-10,17,27H,11-16,18H2,1-2H3. The Kier molecular flexibility index (Phi) is 6.39. The first-order chi connectivity index (χ1) is 15.0. The molecule has 4 rings (SSSR count). The van der Waals surface area contributed by atoms with E-state index in [-0.39, 0.29) is 17.3 Å². The number of likely N-dealkylation sites (tertiary alicyclic amines) is 1. The topological polar surface area (TPSA) is 48.6 Å². The van der Waals surface area contributed by atoms with Crippen molar-refractivity contribution in [2.45, 2.75) is 31.7 Å². The Labute approximate surface area is 182 Å². The molecule has 1 aliphatic rings. The van der Waals surface area contributed by atoms with Crippen molar-refractivity contribution in [3.8, 4) is 0 Å². The fourth-order valence-electron chi connectivity index (χ4n) is 4.92. The Morgan fingerprint density at radius 3 is 2.58 bits per heavy atom. The van der Waals surface area contributed by atoms with E-state index in [2.05, 4.69) is 9.88 Å². The Morgan fingerprint density at radius 2 is 1.90 bits per heavy atom. The average molecular weight is 424 g/mol. The molecule has 0 unspecified atom stereocenters. The number of piperidine rings is 1. The molecule has 2 aromatic carbocycles. The van der Waals surface area contributed by atoms with Crippen LogP contribution < -0.4 is 4.90 Å². The SMILES string of the molecule is COCC1(N(C(C)=O)c2ccccc2)CCN(CCc2c[nH]c3c(F)cccc23)CC1. The molecule has 0 saturated carbocycles. The zero-order chi connectivity index (χ0) is 21.8. The van der Waals surface area contributed by atoms with Crippen molar-refractivity contribution in [2.75, 3.05) is 38.3 Å². The van der Waals surface area contributed by atoms with Crippen LogP contribution in [0.25, 0.3) is 10.9 Å². The maximum absolute atomic E-state index is 13.9.